The number of sulfone groups is 1. The monoisotopic (exact) mass is 588 g/mol. The molecule has 3 aliphatic heterocycles. The van der Waals surface area contributed by atoms with E-state index < -0.39 is 9.84 Å². The summed E-state index contributed by atoms with van der Waals surface area (Å²) in [4.78, 5) is 19.0. The van der Waals surface area contributed by atoms with Gasteiger partial charge in [-0.3, -0.25) is 9.97 Å². The highest BCUT2D eigenvalue weighted by molar-refractivity contribution is 7.90. The highest BCUT2D eigenvalue weighted by Gasteiger charge is 2.39. The van der Waals surface area contributed by atoms with Gasteiger partial charge in [0.05, 0.1) is 35.8 Å². The molecule has 2 unspecified atom stereocenters. The van der Waals surface area contributed by atoms with Gasteiger partial charge in [0, 0.05) is 91.2 Å². The minimum atomic E-state index is -3.05. The van der Waals surface area contributed by atoms with E-state index in [1.165, 1.54) is 19.1 Å². The van der Waals surface area contributed by atoms with Crippen molar-refractivity contribution in [2.24, 2.45) is 5.92 Å². The van der Waals surface area contributed by atoms with Crippen LogP contribution in [0.1, 0.15) is 25.5 Å². The Bertz CT molecular complexity index is 1760. The van der Waals surface area contributed by atoms with Crippen molar-refractivity contribution in [3.63, 3.8) is 0 Å². The first kappa shape index (κ1) is 27.1. The number of rotatable bonds is 7. The van der Waals surface area contributed by atoms with Crippen LogP contribution in [0.15, 0.2) is 42.9 Å². The summed E-state index contributed by atoms with van der Waals surface area (Å²) in [7, 11) is -1.40. The maximum Gasteiger partial charge on any atom is 0.158 e. The van der Waals surface area contributed by atoms with Crippen molar-refractivity contribution < 1.29 is 13.2 Å². The average molecular weight is 589 g/mol. The van der Waals surface area contributed by atoms with Gasteiger partial charge < -0.3 is 19.9 Å². The van der Waals surface area contributed by atoms with E-state index in [1.807, 2.05) is 29.9 Å². The van der Waals surface area contributed by atoms with E-state index in [0.29, 0.717) is 24.4 Å². The van der Waals surface area contributed by atoms with Crippen LogP contribution in [0.25, 0.3) is 28.0 Å². The van der Waals surface area contributed by atoms with E-state index in [2.05, 4.69) is 39.2 Å². The van der Waals surface area contributed by atoms with Gasteiger partial charge in [0.2, 0.25) is 0 Å². The minimum absolute atomic E-state index is 0.103. The van der Waals surface area contributed by atoms with Crippen molar-refractivity contribution in [2.45, 2.75) is 44.8 Å². The lowest BCUT2D eigenvalue weighted by Gasteiger charge is -2.48. The fourth-order valence-electron chi connectivity index (χ4n) is 6.77. The van der Waals surface area contributed by atoms with Crippen LogP contribution in [-0.4, -0.2) is 90.0 Å². The molecule has 0 spiro atoms. The van der Waals surface area contributed by atoms with Gasteiger partial charge >= 0.3 is 0 Å². The van der Waals surface area contributed by atoms with Gasteiger partial charge in [0.25, 0.3) is 0 Å². The molecule has 0 aliphatic carbocycles. The quantitative estimate of drug-likeness (QED) is 0.345. The van der Waals surface area contributed by atoms with Gasteiger partial charge in [0.1, 0.15) is 21.4 Å². The number of methoxy groups -OCH3 is 1. The van der Waals surface area contributed by atoms with Crippen LogP contribution in [0.4, 0.5) is 11.5 Å². The average Bonchev–Trinajstić information content (AvgIpc) is 3.56. The Morgan fingerprint density at radius 2 is 1.81 bits per heavy atom. The highest BCUT2D eigenvalue weighted by atomic mass is 32.2. The number of piperazine rings is 1. The highest BCUT2D eigenvalue weighted by Crippen LogP contribution is 2.37. The zero-order chi connectivity index (χ0) is 29.2. The van der Waals surface area contributed by atoms with Crippen LogP contribution in [0.5, 0.6) is 5.75 Å². The first-order valence-corrected chi connectivity index (χ1v) is 16.5. The zero-order valence-electron chi connectivity index (χ0n) is 24.4. The van der Waals surface area contributed by atoms with Crippen molar-refractivity contribution in [1.82, 2.24) is 30.0 Å². The topological polar surface area (TPSA) is 118 Å². The van der Waals surface area contributed by atoms with E-state index in [4.69, 9.17) is 19.8 Å². The van der Waals surface area contributed by atoms with Crippen molar-refractivity contribution >= 4 is 32.2 Å². The number of aryl methyl sites for hydroxylation is 1. The number of hydrogen-bond donors (Lipinski definition) is 1. The summed E-state index contributed by atoms with van der Waals surface area (Å²) in [6.07, 6.45) is 8.99. The maximum absolute atomic E-state index is 12.0. The van der Waals surface area contributed by atoms with Crippen molar-refractivity contribution in [2.75, 3.05) is 48.6 Å². The van der Waals surface area contributed by atoms with Crippen LogP contribution >= 0.6 is 0 Å². The van der Waals surface area contributed by atoms with Crippen molar-refractivity contribution in [3.8, 4) is 22.8 Å². The van der Waals surface area contributed by atoms with E-state index in [9.17, 15) is 8.42 Å². The standard InChI is InChI=1S/C30H36N8O3S/c1-18-24-13-32-38(27(24)11-26(33-18)25-12-31-8-7-28(25)41-3)30-10-23(37-14-20(19(37)2)17-42(4,39)40)9-29(35-30)36-15-21-5-6-22(16-36)34-21/h7-13,19-22,34H,5-6,14-17H2,1-4H3/t19-,20-,21?,22?/m1/s1. The molecule has 0 aromatic carbocycles. The van der Waals surface area contributed by atoms with E-state index >= 15 is 0 Å². The van der Waals surface area contributed by atoms with E-state index in [0.717, 1.165) is 58.3 Å². The van der Waals surface area contributed by atoms with E-state index in [-0.39, 0.29) is 17.7 Å². The fourth-order valence-corrected chi connectivity index (χ4v) is 7.93. The van der Waals surface area contributed by atoms with Gasteiger partial charge in [-0.05, 0) is 38.8 Å². The molecule has 3 aliphatic rings. The molecule has 4 atom stereocenters. The molecule has 11 nitrogen and oxygen atoms in total. The first-order chi connectivity index (χ1) is 20.2. The Labute approximate surface area is 245 Å². The van der Waals surface area contributed by atoms with Gasteiger partial charge in [0.15, 0.2) is 5.82 Å². The fraction of sp³-hybridized carbons (Fsp3) is 0.467. The molecule has 12 heteroatoms. The molecule has 1 N–H and O–H groups in total. The van der Waals surface area contributed by atoms with Gasteiger partial charge in [-0.15, -0.1) is 0 Å². The van der Waals surface area contributed by atoms with Gasteiger partial charge in [-0.1, -0.05) is 0 Å². The third-order valence-electron chi connectivity index (χ3n) is 9.03. The van der Waals surface area contributed by atoms with Gasteiger partial charge in [-0.25, -0.2) is 18.1 Å². The zero-order valence-corrected chi connectivity index (χ0v) is 25.2. The van der Waals surface area contributed by atoms with Crippen LogP contribution in [0, 0.1) is 12.8 Å². The molecule has 7 heterocycles. The molecule has 42 heavy (non-hydrogen) atoms. The predicted molar refractivity (Wildman–Crippen MR) is 163 cm³/mol. The Balaban J connectivity index is 1.32. The summed E-state index contributed by atoms with van der Waals surface area (Å²) in [6.45, 7) is 6.60. The molecule has 3 fully saturated rings. The molecule has 2 bridgehead atoms. The molecule has 0 radical (unpaired) electrons. The van der Waals surface area contributed by atoms with Crippen molar-refractivity contribution in [3.05, 3.63) is 48.5 Å². The van der Waals surface area contributed by atoms with E-state index in [1.54, 1.807) is 19.5 Å². The molecular formula is C30H36N8O3S. The first-order valence-electron chi connectivity index (χ1n) is 14.5. The van der Waals surface area contributed by atoms with Crippen LogP contribution in [0.2, 0.25) is 0 Å². The Morgan fingerprint density at radius 3 is 2.52 bits per heavy atom. The largest absolute Gasteiger partial charge is 0.496 e. The van der Waals surface area contributed by atoms with Crippen LogP contribution < -0.4 is 19.9 Å². The second kappa shape index (κ2) is 10.2. The molecule has 0 saturated carbocycles. The number of hydrogen-bond acceptors (Lipinski definition) is 10. The maximum atomic E-state index is 12.0. The number of nitrogens with zero attached hydrogens (tertiary/aromatic N) is 7. The summed E-state index contributed by atoms with van der Waals surface area (Å²) in [5.41, 5.74) is 4.34. The second-order valence-electron chi connectivity index (χ2n) is 12.0. The lowest BCUT2D eigenvalue weighted by atomic mass is 9.91. The lowest BCUT2D eigenvalue weighted by molar-refractivity contribution is 0.341. The Hall–Kier alpha value is -3.77. The van der Waals surface area contributed by atoms with Crippen molar-refractivity contribution in [1.29, 1.82) is 0 Å². The predicted octanol–water partition coefficient (Wildman–Crippen LogP) is 3.00. The molecular weight excluding hydrogens is 552 g/mol. The lowest BCUT2D eigenvalue weighted by Crippen LogP contribution is -2.57. The number of aromatic nitrogens is 5. The normalized spacial score (nSPS) is 23.8. The number of fused-ring (bicyclic) bond motifs is 3. The molecule has 4 aromatic rings. The molecule has 3 saturated heterocycles. The van der Waals surface area contributed by atoms with Crippen LogP contribution in [0.3, 0.4) is 0 Å². The molecule has 4 aromatic heterocycles. The summed E-state index contributed by atoms with van der Waals surface area (Å²) in [5, 5.41) is 9.45. The number of ether oxygens (including phenoxy) is 1. The summed E-state index contributed by atoms with van der Waals surface area (Å²) in [5.74, 6) is 2.65. The number of anilines is 2. The van der Waals surface area contributed by atoms with Crippen LogP contribution in [-0.2, 0) is 9.84 Å². The third-order valence-corrected chi connectivity index (χ3v) is 10.1. The summed E-state index contributed by atoms with van der Waals surface area (Å²) in [6, 6.07) is 9.12. The number of nitrogens with one attached hydrogen (secondary N) is 1. The summed E-state index contributed by atoms with van der Waals surface area (Å²) < 4.78 is 31.5. The minimum Gasteiger partial charge on any atom is -0.496 e. The molecule has 0 amide bonds. The Kier molecular flexibility index (Phi) is 6.58. The Morgan fingerprint density at radius 1 is 1.05 bits per heavy atom. The molecule has 220 valence electrons. The third kappa shape index (κ3) is 4.86. The molecule has 7 rings (SSSR count). The SMILES string of the molecule is COc1ccncc1-c1cc2c(cnn2-c2cc(N3C[C@H](CS(C)(=O)=O)[C@H]3C)cc(N3CC4CCC(C3)N4)n2)c(C)n1. The summed E-state index contributed by atoms with van der Waals surface area (Å²) >= 11 is 0. The smallest absolute Gasteiger partial charge is 0.158 e. The second-order valence-corrected chi connectivity index (χ2v) is 14.2. The van der Waals surface area contributed by atoms with Gasteiger partial charge in [-0.2, -0.15) is 5.10 Å². The number of pyridine rings is 3.